The number of nitrogens with zero attached hydrogens (tertiary/aromatic N) is 6. The number of para-hydroxylation sites is 1. The highest BCUT2D eigenvalue weighted by Gasteiger charge is 2.30. The van der Waals surface area contributed by atoms with Crippen molar-refractivity contribution < 1.29 is 13.2 Å². The van der Waals surface area contributed by atoms with Crippen molar-refractivity contribution in [1.82, 2.24) is 24.4 Å². The van der Waals surface area contributed by atoms with E-state index in [1.807, 2.05) is 42.5 Å². The topological polar surface area (TPSA) is 103 Å². The molecule has 226 valence electrons. The molecule has 0 spiro atoms. The summed E-state index contributed by atoms with van der Waals surface area (Å²) in [4.78, 5) is 21.9. The van der Waals surface area contributed by atoms with Gasteiger partial charge in [-0.25, -0.2) is 17.9 Å². The molecule has 11 heteroatoms. The molecule has 4 heterocycles. The maximum absolute atomic E-state index is 13.0. The van der Waals surface area contributed by atoms with E-state index in [0.717, 1.165) is 74.3 Å². The van der Waals surface area contributed by atoms with Crippen LogP contribution in [-0.2, 0) is 14.8 Å². The van der Waals surface area contributed by atoms with Gasteiger partial charge in [0.25, 0.3) is 0 Å². The van der Waals surface area contributed by atoms with E-state index in [-0.39, 0.29) is 5.92 Å². The molecule has 4 aromatic rings. The van der Waals surface area contributed by atoms with Gasteiger partial charge in [-0.05, 0) is 87.6 Å². The monoisotopic (exact) mass is 601 g/mol. The molecular formula is C32H39N7O3S. The fourth-order valence-corrected chi connectivity index (χ4v) is 6.74. The molecule has 2 aliphatic heterocycles. The predicted molar refractivity (Wildman–Crippen MR) is 170 cm³/mol. The normalized spacial score (nSPS) is 17.3. The van der Waals surface area contributed by atoms with Crippen molar-refractivity contribution in [2.75, 3.05) is 56.2 Å². The third kappa shape index (κ3) is 6.23. The number of hydrogen-bond donors (Lipinski definition) is 1. The minimum atomic E-state index is -3.44. The molecule has 0 atom stereocenters. The van der Waals surface area contributed by atoms with E-state index in [4.69, 9.17) is 5.10 Å². The van der Waals surface area contributed by atoms with E-state index in [0.29, 0.717) is 23.5 Å². The average Bonchev–Trinajstić information content (AvgIpc) is 3.44. The number of carbonyl (C=O) groups excluding carboxylic acids is 1. The van der Waals surface area contributed by atoms with Crippen LogP contribution in [0.3, 0.4) is 0 Å². The SMILES string of the molecule is CN1CCC(C(=O)N2CCC(c3ccc(Nc4ncc5ccc(-c6ccccc6N(C)S(C)(=O)=O)n5n4)cc3)CC2)CC1. The number of sulfonamides is 1. The second kappa shape index (κ2) is 12.0. The van der Waals surface area contributed by atoms with Crippen LogP contribution >= 0.6 is 0 Å². The first-order valence-corrected chi connectivity index (χ1v) is 16.7. The van der Waals surface area contributed by atoms with Crippen molar-refractivity contribution in [3.8, 4) is 11.3 Å². The number of benzene rings is 2. The van der Waals surface area contributed by atoms with Gasteiger partial charge >= 0.3 is 0 Å². The highest BCUT2D eigenvalue weighted by Crippen LogP contribution is 2.33. The Labute approximate surface area is 253 Å². The van der Waals surface area contributed by atoms with Gasteiger partial charge in [0, 0.05) is 37.3 Å². The number of amides is 1. The van der Waals surface area contributed by atoms with Gasteiger partial charge in [0.1, 0.15) is 0 Å². The maximum Gasteiger partial charge on any atom is 0.245 e. The number of anilines is 3. The Kier molecular flexibility index (Phi) is 8.11. The van der Waals surface area contributed by atoms with E-state index in [1.54, 1.807) is 23.8 Å². The zero-order chi connectivity index (χ0) is 30.1. The predicted octanol–water partition coefficient (Wildman–Crippen LogP) is 4.58. The Balaban J connectivity index is 1.13. The van der Waals surface area contributed by atoms with Gasteiger partial charge < -0.3 is 15.1 Å². The fourth-order valence-electron chi connectivity index (χ4n) is 6.22. The van der Waals surface area contributed by atoms with Crippen molar-refractivity contribution >= 4 is 38.8 Å². The molecule has 2 aromatic heterocycles. The van der Waals surface area contributed by atoms with E-state index in [9.17, 15) is 13.2 Å². The number of hydrogen-bond acceptors (Lipinski definition) is 7. The van der Waals surface area contributed by atoms with Crippen molar-refractivity contribution in [3.63, 3.8) is 0 Å². The zero-order valence-corrected chi connectivity index (χ0v) is 25.8. The first kappa shape index (κ1) is 29.1. The fraction of sp³-hybridized carbons (Fsp3) is 0.406. The average molecular weight is 602 g/mol. The molecule has 0 radical (unpaired) electrons. The quantitative estimate of drug-likeness (QED) is 0.331. The lowest BCUT2D eigenvalue weighted by atomic mass is 9.88. The van der Waals surface area contributed by atoms with Crippen LogP contribution in [0, 0.1) is 5.92 Å². The number of likely N-dealkylation sites (tertiary alicyclic amines) is 2. The molecular weight excluding hydrogens is 562 g/mol. The molecule has 0 bridgehead atoms. The molecule has 2 aromatic carbocycles. The highest BCUT2D eigenvalue weighted by molar-refractivity contribution is 7.92. The van der Waals surface area contributed by atoms with Crippen molar-refractivity contribution in [3.05, 3.63) is 72.4 Å². The third-order valence-corrected chi connectivity index (χ3v) is 10.1. The van der Waals surface area contributed by atoms with Gasteiger partial charge in [-0.2, -0.15) is 0 Å². The van der Waals surface area contributed by atoms with Crippen LogP contribution in [0.1, 0.15) is 37.2 Å². The molecule has 6 rings (SSSR count). The van der Waals surface area contributed by atoms with Crippen LogP contribution in [0.25, 0.3) is 16.8 Å². The molecule has 0 unspecified atom stereocenters. The summed E-state index contributed by atoms with van der Waals surface area (Å²) in [5.41, 5.74) is 5.06. The van der Waals surface area contributed by atoms with Gasteiger partial charge in [0.2, 0.25) is 21.9 Å². The first-order valence-electron chi connectivity index (χ1n) is 14.9. The largest absolute Gasteiger partial charge is 0.342 e. The summed E-state index contributed by atoms with van der Waals surface area (Å²) in [5, 5.41) is 8.05. The van der Waals surface area contributed by atoms with E-state index >= 15 is 0 Å². The summed E-state index contributed by atoms with van der Waals surface area (Å²) < 4.78 is 27.6. The van der Waals surface area contributed by atoms with Crippen molar-refractivity contribution in [1.29, 1.82) is 0 Å². The molecule has 1 amide bonds. The number of fused-ring (bicyclic) bond motifs is 1. The number of carbonyl (C=O) groups is 1. The summed E-state index contributed by atoms with van der Waals surface area (Å²) in [6.07, 6.45) is 6.85. The summed E-state index contributed by atoms with van der Waals surface area (Å²) in [6, 6.07) is 19.6. The number of rotatable bonds is 7. The maximum atomic E-state index is 13.0. The third-order valence-electron chi connectivity index (χ3n) is 8.93. The number of nitrogens with one attached hydrogen (secondary N) is 1. The summed E-state index contributed by atoms with van der Waals surface area (Å²) in [7, 11) is 0.241. The molecule has 2 aliphatic rings. The smallest absolute Gasteiger partial charge is 0.245 e. The lowest BCUT2D eigenvalue weighted by Gasteiger charge is -2.36. The number of aromatic nitrogens is 3. The van der Waals surface area contributed by atoms with E-state index < -0.39 is 10.0 Å². The van der Waals surface area contributed by atoms with Crippen LogP contribution < -0.4 is 9.62 Å². The van der Waals surface area contributed by atoms with Gasteiger partial charge in [0.05, 0.1) is 29.4 Å². The van der Waals surface area contributed by atoms with E-state index in [1.165, 1.54) is 16.1 Å². The Bertz CT molecular complexity index is 1700. The molecule has 2 saturated heterocycles. The number of piperidine rings is 2. The molecule has 2 fully saturated rings. The zero-order valence-electron chi connectivity index (χ0n) is 25.0. The van der Waals surface area contributed by atoms with Gasteiger partial charge in [0.15, 0.2) is 0 Å². The Morgan fingerprint density at radius 2 is 1.63 bits per heavy atom. The second-order valence-corrected chi connectivity index (χ2v) is 13.8. The van der Waals surface area contributed by atoms with Crippen molar-refractivity contribution in [2.24, 2.45) is 5.92 Å². The molecule has 43 heavy (non-hydrogen) atoms. The Morgan fingerprint density at radius 1 is 0.930 bits per heavy atom. The summed E-state index contributed by atoms with van der Waals surface area (Å²) in [6.45, 7) is 3.67. The van der Waals surface area contributed by atoms with Crippen LogP contribution in [0.15, 0.2) is 66.9 Å². The lowest BCUT2D eigenvalue weighted by molar-refractivity contribution is -0.138. The Hall–Kier alpha value is -3.96. The van der Waals surface area contributed by atoms with Crippen LogP contribution in [0.2, 0.25) is 0 Å². The molecule has 10 nitrogen and oxygen atoms in total. The first-order chi connectivity index (χ1) is 20.7. The molecule has 1 N–H and O–H groups in total. The minimum absolute atomic E-state index is 0.186. The molecule has 0 saturated carbocycles. The van der Waals surface area contributed by atoms with Crippen molar-refractivity contribution in [2.45, 2.75) is 31.6 Å². The van der Waals surface area contributed by atoms with Gasteiger partial charge in [-0.15, -0.1) is 5.10 Å². The summed E-state index contributed by atoms with van der Waals surface area (Å²) >= 11 is 0. The molecule has 0 aliphatic carbocycles. The van der Waals surface area contributed by atoms with Crippen LogP contribution in [-0.4, -0.2) is 85.3 Å². The lowest BCUT2D eigenvalue weighted by Crippen LogP contribution is -2.44. The standard InChI is InChI=1S/C32H39N7O3S/c1-36-18-14-25(15-19-36)31(40)38-20-16-24(17-21-38)23-8-10-26(11-9-23)34-32-33-22-27-12-13-30(39(27)35-32)28-6-4-5-7-29(28)37(2)43(3,41)42/h4-13,22,24-25H,14-21H2,1-3H3,(H,34,35). The van der Waals surface area contributed by atoms with Gasteiger partial charge in [-0.1, -0.05) is 30.3 Å². The summed E-state index contributed by atoms with van der Waals surface area (Å²) in [5.74, 6) is 1.41. The highest BCUT2D eigenvalue weighted by atomic mass is 32.2. The Morgan fingerprint density at radius 3 is 2.33 bits per heavy atom. The van der Waals surface area contributed by atoms with Crippen LogP contribution in [0.5, 0.6) is 0 Å². The van der Waals surface area contributed by atoms with Crippen LogP contribution in [0.4, 0.5) is 17.3 Å². The second-order valence-electron chi connectivity index (χ2n) is 11.8. The van der Waals surface area contributed by atoms with E-state index in [2.05, 4.69) is 39.3 Å². The van der Waals surface area contributed by atoms with Gasteiger partial charge in [-0.3, -0.25) is 9.10 Å². The minimum Gasteiger partial charge on any atom is -0.342 e.